The van der Waals surface area contributed by atoms with Gasteiger partial charge in [-0.3, -0.25) is 9.13 Å². The smallest absolute Gasteiger partial charge is 0.319 e. The molecular formula is C13H15N5O. The van der Waals surface area contributed by atoms with Gasteiger partial charge in [0.15, 0.2) is 5.82 Å². The molecule has 0 saturated heterocycles. The Morgan fingerprint density at radius 2 is 1.84 bits per heavy atom. The molecule has 0 atom stereocenters. The molecule has 0 saturated carbocycles. The second kappa shape index (κ2) is 4.38. The van der Waals surface area contributed by atoms with Gasteiger partial charge in [-0.15, -0.1) is 10.2 Å². The van der Waals surface area contributed by atoms with E-state index in [2.05, 4.69) is 10.2 Å². The first-order chi connectivity index (χ1) is 9.22. The third-order valence-electron chi connectivity index (χ3n) is 3.35. The zero-order valence-corrected chi connectivity index (χ0v) is 10.9. The Balaban J connectivity index is 2.21. The van der Waals surface area contributed by atoms with Crippen molar-refractivity contribution in [3.05, 3.63) is 46.9 Å². The third-order valence-corrected chi connectivity index (χ3v) is 3.35. The number of hydrogen-bond acceptors (Lipinski definition) is 3. The summed E-state index contributed by atoms with van der Waals surface area (Å²) in [5.74, 6) is 0.765. The van der Waals surface area contributed by atoms with Crippen molar-refractivity contribution in [1.82, 2.24) is 23.9 Å². The topological polar surface area (TPSA) is 57.6 Å². The van der Waals surface area contributed by atoms with E-state index in [4.69, 9.17) is 0 Å². The van der Waals surface area contributed by atoms with Gasteiger partial charge in [-0.25, -0.2) is 4.79 Å². The van der Waals surface area contributed by atoms with Crippen molar-refractivity contribution < 1.29 is 0 Å². The predicted molar refractivity (Wildman–Crippen MR) is 72.0 cm³/mol. The Morgan fingerprint density at radius 3 is 2.42 bits per heavy atom. The van der Waals surface area contributed by atoms with Gasteiger partial charge in [-0.05, 0) is 19.1 Å². The maximum Gasteiger partial charge on any atom is 0.329 e. The van der Waals surface area contributed by atoms with Crippen molar-refractivity contribution in [2.24, 2.45) is 7.05 Å². The van der Waals surface area contributed by atoms with Gasteiger partial charge in [0.05, 0.1) is 17.6 Å². The average Bonchev–Trinajstić information content (AvgIpc) is 2.93. The number of aromatic nitrogens is 5. The van der Waals surface area contributed by atoms with Crippen LogP contribution in [0.15, 0.2) is 35.4 Å². The maximum absolute atomic E-state index is 12.4. The second-order valence-electron chi connectivity index (χ2n) is 4.46. The molecule has 0 aliphatic rings. The first kappa shape index (κ1) is 11.7. The summed E-state index contributed by atoms with van der Waals surface area (Å²) < 4.78 is 5.33. The summed E-state index contributed by atoms with van der Waals surface area (Å²) in [4.78, 5) is 12.4. The number of nitrogens with zero attached hydrogens (tertiary/aromatic N) is 5. The number of hydrogen-bond donors (Lipinski definition) is 0. The molecule has 6 heteroatoms. The van der Waals surface area contributed by atoms with E-state index in [-0.39, 0.29) is 5.69 Å². The van der Waals surface area contributed by atoms with Crippen molar-refractivity contribution in [2.45, 2.75) is 20.0 Å². The fourth-order valence-electron chi connectivity index (χ4n) is 2.32. The standard InChI is InChI=1S/C13H15N5O/c1-3-17-10-6-4-5-7-11(10)18(13(17)19)8-12-15-14-9-16(12)2/h4-7,9H,3,8H2,1-2H3. The zero-order valence-electron chi connectivity index (χ0n) is 10.9. The first-order valence-corrected chi connectivity index (χ1v) is 6.23. The molecule has 6 nitrogen and oxygen atoms in total. The molecule has 2 aromatic heterocycles. The monoisotopic (exact) mass is 257 g/mol. The molecule has 0 unspecified atom stereocenters. The van der Waals surface area contributed by atoms with Crippen LogP contribution in [0.5, 0.6) is 0 Å². The van der Waals surface area contributed by atoms with Gasteiger partial charge in [0.2, 0.25) is 0 Å². The molecule has 0 spiro atoms. The summed E-state index contributed by atoms with van der Waals surface area (Å²) in [6, 6.07) is 7.81. The van der Waals surface area contributed by atoms with E-state index < -0.39 is 0 Å². The molecule has 1 aromatic carbocycles. The summed E-state index contributed by atoms with van der Waals surface area (Å²) in [7, 11) is 1.87. The van der Waals surface area contributed by atoms with Crippen LogP contribution >= 0.6 is 0 Å². The van der Waals surface area contributed by atoms with Gasteiger partial charge in [0.25, 0.3) is 0 Å². The van der Waals surface area contributed by atoms with Crippen LogP contribution in [0.2, 0.25) is 0 Å². The highest BCUT2D eigenvalue weighted by Crippen LogP contribution is 2.13. The molecule has 0 aliphatic carbocycles. The number of fused-ring (bicyclic) bond motifs is 1. The van der Waals surface area contributed by atoms with E-state index in [0.717, 1.165) is 16.9 Å². The summed E-state index contributed by atoms with van der Waals surface area (Å²) in [5.41, 5.74) is 1.88. The molecule has 98 valence electrons. The number of para-hydroxylation sites is 2. The minimum absolute atomic E-state index is 0.00769. The number of rotatable bonds is 3. The van der Waals surface area contributed by atoms with E-state index in [1.54, 1.807) is 15.5 Å². The van der Waals surface area contributed by atoms with Crippen molar-refractivity contribution in [2.75, 3.05) is 0 Å². The summed E-state index contributed by atoms with van der Waals surface area (Å²) >= 11 is 0. The molecular weight excluding hydrogens is 242 g/mol. The molecule has 0 N–H and O–H groups in total. The van der Waals surface area contributed by atoms with Crippen molar-refractivity contribution in [1.29, 1.82) is 0 Å². The summed E-state index contributed by atoms with van der Waals surface area (Å²) in [5, 5.41) is 7.88. The molecule has 0 aliphatic heterocycles. The molecule has 3 rings (SSSR count). The Morgan fingerprint density at radius 1 is 1.16 bits per heavy atom. The van der Waals surface area contributed by atoms with Crippen LogP contribution in [0, 0.1) is 0 Å². The number of aryl methyl sites for hydroxylation is 2. The van der Waals surface area contributed by atoms with E-state index in [9.17, 15) is 4.79 Å². The Labute approximate surface area is 109 Å². The second-order valence-corrected chi connectivity index (χ2v) is 4.46. The lowest BCUT2D eigenvalue weighted by Gasteiger charge is -2.02. The maximum atomic E-state index is 12.4. The molecule has 0 fully saturated rings. The highest BCUT2D eigenvalue weighted by Gasteiger charge is 2.13. The van der Waals surface area contributed by atoms with E-state index in [1.807, 2.05) is 42.8 Å². The molecule has 0 bridgehead atoms. The predicted octanol–water partition coefficient (Wildman–Crippen LogP) is 1.000. The van der Waals surface area contributed by atoms with Gasteiger partial charge in [0.1, 0.15) is 6.33 Å². The van der Waals surface area contributed by atoms with Crippen LogP contribution < -0.4 is 5.69 Å². The van der Waals surface area contributed by atoms with Gasteiger partial charge in [0, 0.05) is 13.6 Å². The van der Waals surface area contributed by atoms with Gasteiger partial charge < -0.3 is 4.57 Å². The van der Waals surface area contributed by atoms with Gasteiger partial charge >= 0.3 is 5.69 Å². The van der Waals surface area contributed by atoms with Crippen LogP contribution in [-0.2, 0) is 20.1 Å². The molecule has 0 amide bonds. The normalized spacial score (nSPS) is 11.3. The molecule has 19 heavy (non-hydrogen) atoms. The van der Waals surface area contributed by atoms with E-state index >= 15 is 0 Å². The van der Waals surface area contributed by atoms with Crippen molar-refractivity contribution in [3.63, 3.8) is 0 Å². The van der Waals surface area contributed by atoms with Crippen molar-refractivity contribution >= 4 is 11.0 Å². The van der Waals surface area contributed by atoms with Crippen LogP contribution in [-0.4, -0.2) is 23.9 Å². The van der Waals surface area contributed by atoms with Crippen LogP contribution in [0.4, 0.5) is 0 Å². The first-order valence-electron chi connectivity index (χ1n) is 6.23. The minimum Gasteiger partial charge on any atom is -0.319 e. The Bertz CT molecular complexity index is 780. The molecule has 3 aromatic rings. The summed E-state index contributed by atoms with van der Waals surface area (Å²) in [6.45, 7) is 3.06. The largest absolute Gasteiger partial charge is 0.329 e. The average molecular weight is 257 g/mol. The van der Waals surface area contributed by atoms with Gasteiger partial charge in [-0.2, -0.15) is 0 Å². The third kappa shape index (κ3) is 1.76. The highest BCUT2D eigenvalue weighted by atomic mass is 16.1. The molecule has 0 radical (unpaired) electrons. The minimum atomic E-state index is -0.00769. The van der Waals surface area contributed by atoms with Gasteiger partial charge in [-0.1, -0.05) is 12.1 Å². The summed E-state index contributed by atoms with van der Waals surface area (Å²) in [6.07, 6.45) is 1.64. The van der Waals surface area contributed by atoms with E-state index in [0.29, 0.717) is 13.1 Å². The van der Waals surface area contributed by atoms with Crippen LogP contribution in [0.3, 0.4) is 0 Å². The zero-order chi connectivity index (χ0) is 13.4. The lowest BCUT2D eigenvalue weighted by Crippen LogP contribution is -2.25. The van der Waals surface area contributed by atoms with Crippen LogP contribution in [0.1, 0.15) is 12.7 Å². The fourth-order valence-corrected chi connectivity index (χ4v) is 2.32. The van der Waals surface area contributed by atoms with Crippen molar-refractivity contribution in [3.8, 4) is 0 Å². The molecule has 2 heterocycles. The quantitative estimate of drug-likeness (QED) is 0.703. The lowest BCUT2D eigenvalue weighted by molar-refractivity contribution is 0.649. The Hall–Kier alpha value is -2.37. The Kier molecular flexibility index (Phi) is 2.70. The lowest BCUT2D eigenvalue weighted by atomic mass is 10.3. The van der Waals surface area contributed by atoms with Crippen LogP contribution in [0.25, 0.3) is 11.0 Å². The number of imidazole rings is 1. The van der Waals surface area contributed by atoms with E-state index in [1.165, 1.54) is 0 Å². The SMILES string of the molecule is CCn1c(=O)n(Cc2nncn2C)c2ccccc21. The fraction of sp³-hybridized carbons (Fsp3) is 0.308. The highest BCUT2D eigenvalue weighted by molar-refractivity contribution is 5.76. The number of benzene rings is 1.